The molecule has 5 heteroatoms. The van der Waals surface area contributed by atoms with Crippen molar-refractivity contribution in [3.05, 3.63) is 29.8 Å². The minimum absolute atomic E-state index is 0.794. The molecule has 0 aliphatic carbocycles. The lowest BCUT2D eigenvalue weighted by atomic mass is 10.2. The van der Waals surface area contributed by atoms with Crippen LogP contribution in [0.5, 0.6) is 0 Å². The highest BCUT2D eigenvalue weighted by atomic mass is 15.1. The van der Waals surface area contributed by atoms with E-state index in [9.17, 15) is 0 Å². The maximum absolute atomic E-state index is 4.28. The van der Waals surface area contributed by atoms with Crippen LogP contribution >= 0.6 is 0 Å². The number of H-pyrrole nitrogens is 1. The van der Waals surface area contributed by atoms with Crippen LogP contribution in [0.15, 0.2) is 18.5 Å². The lowest BCUT2D eigenvalue weighted by Crippen LogP contribution is -2.11. The highest BCUT2D eigenvalue weighted by Gasteiger charge is 2.07. The summed E-state index contributed by atoms with van der Waals surface area (Å²) < 4.78 is 0. The summed E-state index contributed by atoms with van der Waals surface area (Å²) in [5, 5.41) is 10.5. The van der Waals surface area contributed by atoms with Crippen molar-refractivity contribution >= 4 is 0 Å². The fourth-order valence-corrected chi connectivity index (χ4v) is 1.49. The topological polar surface area (TPSA) is 66.5 Å². The van der Waals surface area contributed by atoms with Gasteiger partial charge in [0.25, 0.3) is 0 Å². The maximum atomic E-state index is 4.28. The molecule has 2 aromatic rings. The fourth-order valence-electron chi connectivity index (χ4n) is 1.49. The molecule has 0 saturated carbocycles. The third-order valence-electron chi connectivity index (χ3n) is 2.32. The van der Waals surface area contributed by atoms with E-state index in [0.29, 0.717) is 0 Å². The van der Waals surface area contributed by atoms with Crippen molar-refractivity contribution in [1.29, 1.82) is 0 Å². The van der Waals surface area contributed by atoms with Crippen LogP contribution in [-0.2, 0) is 6.54 Å². The second kappa shape index (κ2) is 4.85. The van der Waals surface area contributed by atoms with Gasteiger partial charge in [-0.15, -0.1) is 0 Å². The standard InChI is InChI=1S/C11H15N5/c1-3-12-7-9-6-10(16-15-9)11-8(2)13-4-5-14-11/h4-6,12H,3,7H2,1-2H3,(H,15,16). The van der Waals surface area contributed by atoms with Gasteiger partial charge in [0, 0.05) is 24.6 Å². The molecule has 0 spiro atoms. The molecule has 0 amide bonds. The third kappa shape index (κ3) is 2.25. The first-order chi connectivity index (χ1) is 7.81. The molecule has 0 saturated heterocycles. The first kappa shape index (κ1) is 10.8. The van der Waals surface area contributed by atoms with Gasteiger partial charge in [0.05, 0.1) is 5.69 Å². The average Bonchev–Trinajstić information content (AvgIpc) is 2.75. The Morgan fingerprint density at radius 3 is 2.88 bits per heavy atom. The largest absolute Gasteiger partial charge is 0.311 e. The van der Waals surface area contributed by atoms with Gasteiger partial charge in [-0.3, -0.25) is 15.1 Å². The Labute approximate surface area is 94.3 Å². The number of aromatic nitrogens is 4. The minimum Gasteiger partial charge on any atom is -0.311 e. The molecule has 5 nitrogen and oxygen atoms in total. The van der Waals surface area contributed by atoms with Gasteiger partial charge in [-0.05, 0) is 19.5 Å². The van der Waals surface area contributed by atoms with E-state index < -0.39 is 0 Å². The highest BCUT2D eigenvalue weighted by molar-refractivity contribution is 5.56. The molecule has 0 radical (unpaired) electrons. The Morgan fingerprint density at radius 2 is 2.12 bits per heavy atom. The zero-order valence-electron chi connectivity index (χ0n) is 9.49. The van der Waals surface area contributed by atoms with Crippen LogP contribution in [0.3, 0.4) is 0 Å². The SMILES string of the molecule is CCNCc1cc(-c2nccnc2C)n[nH]1. The van der Waals surface area contributed by atoms with Gasteiger partial charge in [-0.1, -0.05) is 6.92 Å². The van der Waals surface area contributed by atoms with Crippen molar-refractivity contribution in [2.24, 2.45) is 0 Å². The lowest BCUT2D eigenvalue weighted by molar-refractivity contribution is 0.707. The molecule has 0 fully saturated rings. The van der Waals surface area contributed by atoms with Crippen molar-refractivity contribution in [2.75, 3.05) is 6.54 Å². The number of hydrogen-bond acceptors (Lipinski definition) is 4. The number of nitrogens with one attached hydrogen (secondary N) is 2. The maximum Gasteiger partial charge on any atom is 0.113 e. The predicted molar refractivity (Wildman–Crippen MR) is 61.7 cm³/mol. The van der Waals surface area contributed by atoms with Gasteiger partial charge < -0.3 is 5.32 Å². The molecule has 16 heavy (non-hydrogen) atoms. The number of aromatic amines is 1. The molecule has 0 atom stereocenters. The summed E-state index contributed by atoms with van der Waals surface area (Å²) in [5.41, 5.74) is 3.63. The summed E-state index contributed by atoms with van der Waals surface area (Å²) in [5.74, 6) is 0. The zero-order chi connectivity index (χ0) is 11.4. The van der Waals surface area contributed by atoms with Crippen molar-refractivity contribution in [3.8, 4) is 11.4 Å². The van der Waals surface area contributed by atoms with Crippen LogP contribution in [0.4, 0.5) is 0 Å². The molecule has 2 aromatic heterocycles. The summed E-state index contributed by atoms with van der Waals surface area (Å²) in [6.45, 7) is 5.74. The fraction of sp³-hybridized carbons (Fsp3) is 0.364. The van der Waals surface area contributed by atoms with E-state index in [1.807, 2.05) is 13.0 Å². The molecule has 0 bridgehead atoms. The van der Waals surface area contributed by atoms with Gasteiger partial charge >= 0.3 is 0 Å². The van der Waals surface area contributed by atoms with E-state index in [4.69, 9.17) is 0 Å². The highest BCUT2D eigenvalue weighted by Crippen LogP contribution is 2.16. The summed E-state index contributed by atoms with van der Waals surface area (Å²) in [7, 11) is 0. The van der Waals surface area contributed by atoms with E-state index in [-0.39, 0.29) is 0 Å². The van der Waals surface area contributed by atoms with Crippen LogP contribution < -0.4 is 5.32 Å². The van der Waals surface area contributed by atoms with Crippen LogP contribution in [-0.4, -0.2) is 26.7 Å². The van der Waals surface area contributed by atoms with Crippen LogP contribution in [0, 0.1) is 6.92 Å². The van der Waals surface area contributed by atoms with Gasteiger partial charge in [0.1, 0.15) is 11.4 Å². The van der Waals surface area contributed by atoms with Gasteiger partial charge in [0.2, 0.25) is 0 Å². The Bertz CT molecular complexity index is 463. The zero-order valence-corrected chi connectivity index (χ0v) is 9.49. The van der Waals surface area contributed by atoms with Crippen LogP contribution in [0.1, 0.15) is 18.3 Å². The molecule has 0 aliphatic heterocycles. The molecule has 0 aliphatic rings. The molecule has 84 valence electrons. The van der Waals surface area contributed by atoms with Crippen molar-refractivity contribution in [1.82, 2.24) is 25.5 Å². The van der Waals surface area contributed by atoms with E-state index in [0.717, 1.165) is 35.9 Å². The van der Waals surface area contributed by atoms with E-state index in [1.165, 1.54) is 0 Å². The molecule has 2 rings (SSSR count). The van der Waals surface area contributed by atoms with E-state index in [1.54, 1.807) is 12.4 Å². The Kier molecular flexibility index (Phi) is 3.26. The van der Waals surface area contributed by atoms with Gasteiger partial charge in [-0.2, -0.15) is 5.10 Å². The number of nitrogens with zero attached hydrogens (tertiary/aromatic N) is 3. The van der Waals surface area contributed by atoms with Crippen molar-refractivity contribution in [3.63, 3.8) is 0 Å². The molecule has 2 N–H and O–H groups in total. The van der Waals surface area contributed by atoms with E-state index in [2.05, 4.69) is 32.4 Å². The number of rotatable bonds is 4. The van der Waals surface area contributed by atoms with Crippen LogP contribution in [0.2, 0.25) is 0 Å². The summed E-state index contributed by atoms with van der Waals surface area (Å²) in [6, 6.07) is 2.00. The lowest BCUT2D eigenvalue weighted by Gasteiger charge is -1.98. The van der Waals surface area contributed by atoms with Crippen molar-refractivity contribution < 1.29 is 0 Å². The Balaban J connectivity index is 2.22. The Hall–Kier alpha value is -1.75. The number of hydrogen-bond donors (Lipinski definition) is 2. The van der Waals surface area contributed by atoms with Crippen LogP contribution in [0.25, 0.3) is 11.4 Å². The molecule has 0 aromatic carbocycles. The molecular weight excluding hydrogens is 202 g/mol. The molecule has 2 heterocycles. The van der Waals surface area contributed by atoms with Gasteiger partial charge in [0.15, 0.2) is 0 Å². The van der Waals surface area contributed by atoms with Crippen molar-refractivity contribution in [2.45, 2.75) is 20.4 Å². The summed E-state index contributed by atoms with van der Waals surface area (Å²) >= 11 is 0. The van der Waals surface area contributed by atoms with E-state index >= 15 is 0 Å². The third-order valence-corrected chi connectivity index (χ3v) is 2.32. The molecule has 0 unspecified atom stereocenters. The van der Waals surface area contributed by atoms with Gasteiger partial charge in [-0.25, -0.2) is 0 Å². The predicted octanol–water partition coefficient (Wildman–Crippen LogP) is 1.28. The molecular formula is C11H15N5. The minimum atomic E-state index is 0.794. The second-order valence-corrected chi connectivity index (χ2v) is 3.55. The summed E-state index contributed by atoms with van der Waals surface area (Å²) in [4.78, 5) is 8.47. The smallest absolute Gasteiger partial charge is 0.113 e. The first-order valence-corrected chi connectivity index (χ1v) is 5.34. The monoisotopic (exact) mass is 217 g/mol. The summed E-state index contributed by atoms with van der Waals surface area (Å²) in [6.07, 6.45) is 3.37. The average molecular weight is 217 g/mol. The number of aryl methyl sites for hydroxylation is 1. The quantitative estimate of drug-likeness (QED) is 0.809. The first-order valence-electron chi connectivity index (χ1n) is 5.34. The second-order valence-electron chi connectivity index (χ2n) is 3.55. The normalized spacial score (nSPS) is 10.6. The Morgan fingerprint density at radius 1 is 1.31 bits per heavy atom.